The van der Waals surface area contributed by atoms with Crippen LogP contribution in [0.5, 0.6) is 0 Å². The number of rotatable bonds is 2. The first-order chi connectivity index (χ1) is 8.06. The molecule has 92 valence electrons. The molecule has 2 N–H and O–H groups in total. The van der Waals surface area contributed by atoms with Crippen molar-refractivity contribution in [2.24, 2.45) is 0 Å². The highest BCUT2D eigenvalue weighted by atomic mass is 79.9. The summed E-state index contributed by atoms with van der Waals surface area (Å²) in [6.07, 6.45) is 2.22. The van der Waals surface area contributed by atoms with Gasteiger partial charge in [-0.05, 0) is 49.9 Å². The molecule has 1 saturated carbocycles. The molecule has 0 radical (unpaired) electrons. The van der Waals surface area contributed by atoms with E-state index in [0.29, 0.717) is 5.56 Å². The number of aryl methyl sites for hydroxylation is 1. The van der Waals surface area contributed by atoms with E-state index in [-0.39, 0.29) is 11.9 Å². The van der Waals surface area contributed by atoms with Gasteiger partial charge in [0.25, 0.3) is 5.91 Å². The lowest BCUT2D eigenvalue weighted by Gasteiger charge is -2.16. The van der Waals surface area contributed by atoms with Gasteiger partial charge < -0.3 is 10.4 Å². The number of amides is 1. The minimum absolute atomic E-state index is 0.0956. The fraction of sp³-hybridized carbons (Fsp3) is 0.462. The lowest BCUT2D eigenvalue weighted by molar-refractivity contribution is 0.0873. The van der Waals surface area contributed by atoms with E-state index < -0.39 is 6.10 Å². The van der Waals surface area contributed by atoms with Crippen LogP contribution >= 0.6 is 15.9 Å². The molecule has 0 saturated heterocycles. The molecule has 0 unspecified atom stereocenters. The molecule has 2 rings (SSSR count). The predicted octanol–water partition coefficient (Wildman–Crippen LogP) is 2.40. The quantitative estimate of drug-likeness (QED) is 0.881. The first-order valence-corrected chi connectivity index (χ1v) is 6.61. The van der Waals surface area contributed by atoms with E-state index in [0.717, 1.165) is 29.3 Å². The standard InChI is InChI=1S/C13H16BrNO2/c1-8-5-9(7-10(14)6-8)13(17)15-11-3-2-4-12(11)16/h5-7,11-12,16H,2-4H2,1H3,(H,15,17)/t11-,12-/m0/s1. The Morgan fingerprint density at radius 2 is 2.18 bits per heavy atom. The highest BCUT2D eigenvalue weighted by molar-refractivity contribution is 9.10. The molecule has 17 heavy (non-hydrogen) atoms. The Balaban J connectivity index is 2.09. The maximum Gasteiger partial charge on any atom is 0.251 e. The van der Waals surface area contributed by atoms with Crippen LogP contribution in [0.3, 0.4) is 0 Å². The van der Waals surface area contributed by atoms with Crippen LogP contribution in [0.15, 0.2) is 22.7 Å². The molecule has 1 aromatic rings. The van der Waals surface area contributed by atoms with Crippen LogP contribution in [0.1, 0.15) is 35.2 Å². The zero-order valence-corrected chi connectivity index (χ0v) is 11.3. The molecule has 4 heteroatoms. The van der Waals surface area contributed by atoms with Crippen molar-refractivity contribution in [3.63, 3.8) is 0 Å². The predicted molar refractivity (Wildman–Crippen MR) is 70.0 cm³/mol. The monoisotopic (exact) mass is 297 g/mol. The Kier molecular flexibility index (Phi) is 3.84. The highest BCUT2D eigenvalue weighted by Gasteiger charge is 2.26. The summed E-state index contributed by atoms with van der Waals surface area (Å²) in [6, 6.07) is 5.51. The number of hydrogen-bond donors (Lipinski definition) is 2. The Bertz CT molecular complexity index is 413. The second-order valence-corrected chi connectivity index (χ2v) is 5.51. The Hall–Kier alpha value is -0.870. The first kappa shape index (κ1) is 12.6. The van der Waals surface area contributed by atoms with Crippen LogP contribution in [0, 0.1) is 6.92 Å². The minimum Gasteiger partial charge on any atom is -0.391 e. The Labute approximate surface area is 109 Å². The van der Waals surface area contributed by atoms with Crippen LogP contribution in [0.4, 0.5) is 0 Å². The van der Waals surface area contributed by atoms with Crippen LogP contribution in [0.2, 0.25) is 0 Å². The van der Waals surface area contributed by atoms with Crippen molar-refractivity contribution in [2.75, 3.05) is 0 Å². The van der Waals surface area contributed by atoms with Gasteiger partial charge in [-0.15, -0.1) is 0 Å². The van der Waals surface area contributed by atoms with Gasteiger partial charge in [-0.25, -0.2) is 0 Å². The average Bonchev–Trinajstić information content (AvgIpc) is 2.63. The van der Waals surface area contributed by atoms with Gasteiger partial charge in [0, 0.05) is 10.0 Å². The Morgan fingerprint density at radius 1 is 1.41 bits per heavy atom. The summed E-state index contributed by atoms with van der Waals surface area (Å²) in [5, 5.41) is 12.6. The molecule has 1 aliphatic carbocycles. The summed E-state index contributed by atoms with van der Waals surface area (Å²) in [5.74, 6) is -0.111. The van der Waals surface area contributed by atoms with Crippen molar-refractivity contribution in [1.29, 1.82) is 0 Å². The number of halogens is 1. The van der Waals surface area contributed by atoms with Crippen molar-refractivity contribution >= 4 is 21.8 Å². The zero-order chi connectivity index (χ0) is 12.4. The minimum atomic E-state index is -0.396. The normalized spacial score (nSPS) is 23.7. The van der Waals surface area contributed by atoms with Gasteiger partial charge in [0.15, 0.2) is 0 Å². The zero-order valence-electron chi connectivity index (χ0n) is 9.74. The SMILES string of the molecule is Cc1cc(Br)cc(C(=O)N[C@H]2CCC[C@@H]2O)c1. The maximum atomic E-state index is 12.0. The van der Waals surface area contributed by atoms with Gasteiger partial charge in [-0.1, -0.05) is 15.9 Å². The third-order valence-electron chi connectivity index (χ3n) is 3.10. The summed E-state index contributed by atoms with van der Waals surface area (Å²) in [5.41, 5.74) is 1.67. The van der Waals surface area contributed by atoms with Gasteiger partial charge >= 0.3 is 0 Å². The van der Waals surface area contributed by atoms with E-state index in [4.69, 9.17) is 0 Å². The van der Waals surface area contributed by atoms with Gasteiger partial charge in [-0.3, -0.25) is 4.79 Å². The van der Waals surface area contributed by atoms with Crippen molar-refractivity contribution in [3.05, 3.63) is 33.8 Å². The van der Waals surface area contributed by atoms with E-state index in [2.05, 4.69) is 21.2 Å². The summed E-state index contributed by atoms with van der Waals surface area (Å²) in [6.45, 7) is 1.95. The molecule has 1 aliphatic rings. The number of aliphatic hydroxyl groups excluding tert-OH is 1. The van der Waals surface area contributed by atoms with Crippen LogP contribution in [-0.2, 0) is 0 Å². The van der Waals surface area contributed by atoms with Crippen molar-refractivity contribution < 1.29 is 9.90 Å². The molecule has 0 aliphatic heterocycles. The lowest BCUT2D eigenvalue weighted by Crippen LogP contribution is -2.39. The fourth-order valence-corrected chi connectivity index (χ4v) is 2.84. The van der Waals surface area contributed by atoms with Gasteiger partial charge in [0.2, 0.25) is 0 Å². The smallest absolute Gasteiger partial charge is 0.251 e. The third-order valence-corrected chi connectivity index (χ3v) is 3.56. The summed E-state index contributed by atoms with van der Waals surface area (Å²) in [4.78, 5) is 12.0. The number of aliphatic hydroxyl groups is 1. The molecular formula is C13H16BrNO2. The first-order valence-electron chi connectivity index (χ1n) is 5.82. The second kappa shape index (κ2) is 5.19. The molecule has 2 atom stereocenters. The van der Waals surface area contributed by atoms with Gasteiger partial charge in [0.1, 0.15) is 0 Å². The lowest BCUT2D eigenvalue weighted by atomic mass is 10.1. The van der Waals surface area contributed by atoms with E-state index in [1.807, 2.05) is 19.1 Å². The molecule has 0 bridgehead atoms. The van der Waals surface area contributed by atoms with E-state index in [1.165, 1.54) is 0 Å². The van der Waals surface area contributed by atoms with Crippen molar-refractivity contribution in [3.8, 4) is 0 Å². The largest absolute Gasteiger partial charge is 0.391 e. The number of carbonyl (C=O) groups is 1. The molecule has 1 aromatic carbocycles. The van der Waals surface area contributed by atoms with E-state index in [1.54, 1.807) is 6.07 Å². The summed E-state index contributed by atoms with van der Waals surface area (Å²) >= 11 is 3.38. The van der Waals surface area contributed by atoms with Crippen LogP contribution < -0.4 is 5.32 Å². The van der Waals surface area contributed by atoms with E-state index in [9.17, 15) is 9.90 Å². The molecule has 1 amide bonds. The number of carbonyl (C=O) groups excluding carboxylic acids is 1. The molecule has 1 fully saturated rings. The average molecular weight is 298 g/mol. The van der Waals surface area contributed by atoms with Gasteiger partial charge in [-0.2, -0.15) is 0 Å². The molecule has 3 nitrogen and oxygen atoms in total. The summed E-state index contributed by atoms with van der Waals surface area (Å²) in [7, 11) is 0. The number of benzene rings is 1. The fourth-order valence-electron chi connectivity index (χ4n) is 2.23. The molecule has 0 heterocycles. The molecule has 0 aromatic heterocycles. The van der Waals surface area contributed by atoms with E-state index >= 15 is 0 Å². The number of nitrogens with one attached hydrogen (secondary N) is 1. The second-order valence-electron chi connectivity index (χ2n) is 4.60. The van der Waals surface area contributed by atoms with Crippen molar-refractivity contribution in [2.45, 2.75) is 38.3 Å². The van der Waals surface area contributed by atoms with Crippen molar-refractivity contribution in [1.82, 2.24) is 5.32 Å². The van der Waals surface area contributed by atoms with Crippen LogP contribution in [0.25, 0.3) is 0 Å². The molecule has 0 spiro atoms. The van der Waals surface area contributed by atoms with Gasteiger partial charge in [0.05, 0.1) is 12.1 Å². The topological polar surface area (TPSA) is 49.3 Å². The molecular weight excluding hydrogens is 282 g/mol. The highest BCUT2D eigenvalue weighted by Crippen LogP contribution is 2.20. The Morgan fingerprint density at radius 3 is 2.76 bits per heavy atom. The number of hydrogen-bond acceptors (Lipinski definition) is 2. The summed E-state index contributed by atoms with van der Waals surface area (Å²) < 4.78 is 0.898. The van der Waals surface area contributed by atoms with Crippen LogP contribution in [-0.4, -0.2) is 23.2 Å². The maximum absolute atomic E-state index is 12.0. The third kappa shape index (κ3) is 3.07.